The van der Waals surface area contributed by atoms with Gasteiger partial charge in [0.25, 0.3) is 0 Å². The Morgan fingerprint density at radius 2 is 1.52 bits per heavy atom. The van der Waals surface area contributed by atoms with Gasteiger partial charge in [-0.15, -0.1) is 0 Å². The molecule has 1 N–H and O–H groups in total. The van der Waals surface area contributed by atoms with Gasteiger partial charge < -0.3 is 24.6 Å². The van der Waals surface area contributed by atoms with Gasteiger partial charge in [0, 0.05) is 55.5 Å². The molecule has 0 amide bonds. The Morgan fingerprint density at radius 1 is 0.880 bits per heavy atom. The minimum atomic E-state index is -0.588. The van der Waals surface area contributed by atoms with Gasteiger partial charge in [-0.1, -0.05) is 6.07 Å². The number of benzene rings is 1. The largest absolute Gasteiger partial charge is 0.378 e. The summed E-state index contributed by atoms with van der Waals surface area (Å²) in [5.41, 5.74) is 5.41. The number of hydrogen-bond donors (Lipinski definition) is 1. The summed E-state index contributed by atoms with van der Waals surface area (Å²) in [5, 5.41) is 33.4. The van der Waals surface area contributed by atoms with E-state index >= 15 is 0 Å². The number of nitrogens with zero attached hydrogens (tertiary/aromatic N) is 9. The van der Waals surface area contributed by atoms with Gasteiger partial charge in [0.1, 0.15) is 18.0 Å². The van der Waals surface area contributed by atoms with E-state index in [1.165, 1.54) is 24.4 Å². The van der Waals surface area contributed by atoms with Crippen molar-refractivity contribution in [3.05, 3.63) is 100 Å². The SMILES string of the molecule is Cc1c(-c2ccccn2)nc2cc(F)ccc2c1Nc1cc(N2CCOCC2)cnc1C#N.N#Cc1ncc(N2CCOCC2)cc1[N+](=O)[O-]. The third kappa shape index (κ3) is 7.39. The van der Waals surface area contributed by atoms with Crippen LogP contribution >= 0.6 is 0 Å². The number of fused-ring (bicyclic) bond motifs is 1. The summed E-state index contributed by atoms with van der Waals surface area (Å²) in [7, 11) is 0. The second-order valence-electron chi connectivity index (χ2n) is 11.3. The van der Waals surface area contributed by atoms with E-state index in [9.17, 15) is 19.8 Å². The van der Waals surface area contributed by atoms with Crippen LogP contribution in [0.5, 0.6) is 0 Å². The fourth-order valence-electron chi connectivity index (χ4n) is 5.68. The second kappa shape index (κ2) is 15.3. The normalized spacial score (nSPS) is 14.2. The standard InChI is InChI=1S/C25H21FN6O.C10H10N4O3/c1-16-24(31-22-13-18(15-29-23(22)14-27)32-8-10-33-11-9-32)19-6-5-17(26)12-21(19)30-25(16)20-4-2-3-7-28-20;11-6-9-10(14(15)16)5-8(7-12-9)13-1-3-17-4-2-13/h2-7,12-13,15H,8-11H2,1H3,(H,30,31);5,7H,1-4H2. The number of ether oxygens (including phenoxy) is 2. The van der Waals surface area contributed by atoms with Crippen LogP contribution in [-0.4, -0.2) is 77.5 Å². The van der Waals surface area contributed by atoms with Crippen LogP contribution in [0.3, 0.4) is 0 Å². The van der Waals surface area contributed by atoms with Crippen molar-refractivity contribution >= 4 is 39.3 Å². The average molecular weight is 675 g/mol. The maximum Gasteiger partial charge on any atom is 0.307 e. The zero-order valence-electron chi connectivity index (χ0n) is 27.0. The van der Waals surface area contributed by atoms with Crippen molar-refractivity contribution in [2.24, 2.45) is 0 Å². The molecule has 2 fully saturated rings. The zero-order chi connectivity index (χ0) is 35.0. The van der Waals surface area contributed by atoms with E-state index in [-0.39, 0.29) is 22.9 Å². The molecule has 0 bridgehead atoms. The van der Waals surface area contributed by atoms with E-state index in [4.69, 9.17) is 19.7 Å². The number of pyridine rings is 4. The van der Waals surface area contributed by atoms with E-state index in [2.05, 4.69) is 31.2 Å². The average Bonchev–Trinajstić information content (AvgIpc) is 3.16. The molecule has 252 valence electrons. The molecular formula is C35H31FN10O4. The van der Waals surface area contributed by atoms with Gasteiger partial charge in [-0.25, -0.2) is 19.3 Å². The molecule has 1 aromatic carbocycles. The first-order chi connectivity index (χ1) is 24.4. The van der Waals surface area contributed by atoms with E-state index in [1.54, 1.807) is 24.5 Å². The molecule has 4 aromatic heterocycles. The van der Waals surface area contributed by atoms with Crippen molar-refractivity contribution in [1.29, 1.82) is 10.5 Å². The number of nitrogens with one attached hydrogen (secondary N) is 1. The van der Waals surface area contributed by atoms with Crippen molar-refractivity contribution in [1.82, 2.24) is 19.9 Å². The highest BCUT2D eigenvalue weighted by atomic mass is 19.1. The highest BCUT2D eigenvalue weighted by Crippen LogP contribution is 2.36. The molecule has 0 radical (unpaired) electrons. The smallest absolute Gasteiger partial charge is 0.307 e. The number of nitro groups is 1. The number of anilines is 4. The summed E-state index contributed by atoms with van der Waals surface area (Å²) >= 11 is 0. The fourth-order valence-corrected chi connectivity index (χ4v) is 5.68. The van der Waals surface area contributed by atoms with E-state index < -0.39 is 4.92 Å². The number of hydrogen-bond acceptors (Lipinski definition) is 13. The second-order valence-corrected chi connectivity index (χ2v) is 11.3. The molecule has 2 aliphatic heterocycles. The van der Waals surface area contributed by atoms with E-state index in [0.29, 0.717) is 67.8 Å². The highest BCUT2D eigenvalue weighted by molar-refractivity contribution is 5.98. The number of rotatable bonds is 6. The van der Waals surface area contributed by atoms with Gasteiger partial charge >= 0.3 is 5.69 Å². The van der Waals surface area contributed by atoms with Crippen LogP contribution in [0, 0.1) is 45.5 Å². The molecule has 2 saturated heterocycles. The summed E-state index contributed by atoms with van der Waals surface area (Å²) in [5.74, 6) is -0.370. The summed E-state index contributed by atoms with van der Waals surface area (Å²) < 4.78 is 24.7. The minimum absolute atomic E-state index is 0.160. The molecular weight excluding hydrogens is 643 g/mol. The van der Waals surface area contributed by atoms with Crippen LogP contribution in [0.25, 0.3) is 22.3 Å². The lowest BCUT2D eigenvalue weighted by molar-refractivity contribution is -0.385. The number of aromatic nitrogens is 4. The van der Waals surface area contributed by atoms with Gasteiger partial charge in [-0.3, -0.25) is 15.1 Å². The molecule has 0 unspecified atom stereocenters. The third-order valence-corrected chi connectivity index (χ3v) is 8.25. The van der Waals surface area contributed by atoms with Crippen LogP contribution in [0.2, 0.25) is 0 Å². The molecule has 0 aliphatic carbocycles. The number of morpholine rings is 2. The lowest BCUT2D eigenvalue weighted by atomic mass is 10.0. The topological polar surface area (TPSA) is 179 Å². The first-order valence-corrected chi connectivity index (χ1v) is 15.7. The van der Waals surface area contributed by atoms with Crippen molar-refractivity contribution in [3.63, 3.8) is 0 Å². The quantitative estimate of drug-likeness (QED) is 0.182. The Kier molecular flexibility index (Phi) is 10.3. The molecule has 7 rings (SSSR count). The Balaban J connectivity index is 0.000000214. The maximum absolute atomic E-state index is 14.1. The number of nitriles is 2. The number of halogens is 1. The predicted octanol–water partition coefficient (Wildman–Crippen LogP) is 5.29. The predicted molar refractivity (Wildman–Crippen MR) is 184 cm³/mol. The van der Waals surface area contributed by atoms with Crippen LogP contribution in [-0.2, 0) is 9.47 Å². The first-order valence-electron chi connectivity index (χ1n) is 15.7. The van der Waals surface area contributed by atoms with Crippen LogP contribution in [0.15, 0.2) is 67.1 Å². The van der Waals surface area contributed by atoms with Gasteiger partial charge in [-0.2, -0.15) is 10.5 Å². The molecule has 15 heteroatoms. The summed E-state index contributed by atoms with van der Waals surface area (Å²) in [6.45, 7) is 7.27. The molecule has 0 spiro atoms. The van der Waals surface area contributed by atoms with Gasteiger partial charge in [0.2, 0.25) is 5.69 Å². The Morgan fingerprint density at radius 3 is 2.12 bits per heavy atom. The Hall–Kier alpha value is -6.29. The summed E-state index contributed by atoms with van der Waals surface area (Å²) in [4.78, 5) is 31.6. The molecule has 0 atom stereocenters. The zero-order valence-corrected chi connectivity index (χ0v) is 27.0. The summed E-state index contributed by atoms with van der Waals surface area (Å²) in [6, 6.07) is 17.3. The highest BCUT2D eigenvalue weighted by Gasteiger charge is 2.21. The third-order valence-electron chi connectivity index (χ3n) is 8.25. The molecule has 5 aromatic rings. The van der Waals surface area contributed by atoms with Crippen molar-refractivity contribution in [3.8, 4) is 23.5 Å². The Bertz CT molecular complexity index is 2110. The van der Waals surface area contributed by atoms with Gasteiger partial charge in [0.05, 0.1) is 83.4 Å². The maximum atomic E-state index is 14.1. The first kappa shape index (κ1) is 33.6. The van der Waals surface area contributed by atoms with E-state index in [0.717, 1.165) is 35.4 Å². The van der Waals surface area contributed by atoms with E-state index in [1.807, 2.05) is 36.1 Å². The molecule has 14 nitrogen and oxygen atoms in total. The van der Waals surface area contributed by atoms with Crippen LogP contribution in [0.4, 0.5) is 32.8 Å². The summed E-state index contributed by atoms with van der Waals surface area (Å²) in [6.07, 6.45) is 4.89. The van der Waals surface area contributed by atoms with Crippen LogP contribution < -0.4 is 15.1 Å². The lowest BCUT2D eigenvalue weighted by Crippen LogP contribution is -2.36. The van der Waals surface area contributed by atoms with Crippen molar-refractivity contribution in [2.45, 2.75) is 6.92 Å². The monoisotopic (exact) mass is 674 g/mol. The minimum Gasteiger partial charge on any atom is -0.378 e. The molecule has 2 aliphatic rings. The van der Waals surface area contributed by atoms with Crippen molar-refractivity contribution < 1.29 is 18.8 Å². The molecule has 50 heavy (non-hydrogen) atoms. The molecule has 0 saturated carbocycles. The van der Waals surface area contributed by atoms with Crippen LogP contribution in [0.1, 0.15) is 17.0 Å². The van der Waals surface area contributed by atoms with Gasteiger partial charge in [-0.05, 0) is 37.3 Å². The fraction of sp³-hybridized carbons (Fsp3) is 0.257. The van der Waals surface area contributed by atoms with Gasteiger partial charge in [0.15, 0.2) is 5.69 Å². The lowest BCUT2D eigenvalue weighted by Gasteiger charge is -2.29. The Labute approximate surface area is 286 Å². The molecule has 6 heterocycles. The van der Waals surface area contributed by atoms with Crippen molar-refractivity contribution in [2.75, 3.05) is 67.7 Å².